The summed E-state index contributed by atoms with van der Waals surface area (Å²) in [7, 11) is 1.36. The molecule has 2 heterocycles. The van der Waals surface area contributed by atoms with Crippen molar-refractivity contribution in [3.8, 4) is 0 Å². The molecule has 1 fully saturated rings. The minimum absolute atomic E-state index is 0.0457. The quantitative estimate of drug-likeness (QED) is 0.811. The van der Waals surface area contributed by atoms with E-state index in [2.05, 4.69) is 34.2 Å². The summed E-state index contributed by atoms with van der Waals surface area (Å²) in [5, 5.41) is 8.56. The van der Waals surface area contributed by atoms with Crippen LogP contribution in [0, 0.1) is 11.3 Å². The number of rotatable bonds is 6. The summed E-state index contributed by atoms with van der Waals surface area (Å²) in [6.07, 6.45) is 9.88. The van der Waals surface area contributed by atoms with Gasteiger partial charge in [0.05, 0.1) is 18.7 Å². The first-order valence-corrected chi connectivity index (χ1v) is 8.98. The van der Waals surface area contributed by atoms with E-state index >= 15 is 0 Å². The van der Waals surface area contributed by atoms with Crippen LogP contribution in [0.1, 0.15) is 46.0 Å². The van der Waals surface area contributed by atoms with E-state index in [1.807, 2.05) is 0 Å². The third kappa shape index (κ3) is 3.91. The SMILES string of the molecule is COC(=O)Cn1ncc2c(NCC(C)(C)C3CCCCC3)ncnc21. The molecule has 1 aliphatic carbocycles. The Labute approximate surface area is 148 Å². The molecule has 1 N–H and O–H groups in total. The number of aromatic nitrogens is 4. The average Bonchev–Trinajstić information content (AvgIpc) is 3.04. The highest BCUT2D eigenvalue weighted by molar-refractivity contribution is 5.86. The maximum atomic E-state index is 11.5. The van der Waals surface area contributed by atoms with Gasteiger partial charge in [0.2, 0.25) is 0 Å². The number of anilines is 1. The smallest absolute Gasteiger partial charge is 0.327 e. The van der Waals surface area contributed by atoms with Crippen LogP contribution >= 0.6 is 0 Å². The van der Waals surface area contributed by atoms with Crippen molar-refractivity contribution in [2.75, 3.05) is 19.0 Å². The molecule has 0 atom stereocenters. The lowest BCUT2D eigenvalue weighted by molar-refractivity contribution is -0.141. The molecule has 3 rings (SSSR count). The second-order valence-electron chi connectivity index (χ2n) is 7.51. The maximum absolute atomic E-state index is 11.5. The highest BCUT2D eigenvalue weighted by Gasteiger charge is 2.30. The van der Waals surface area contributed by atoms with Gasteiger partial charge in [0, 0.05) is 6.54 Å². The van der Waals surface area contributed by atoms with Gasteiger partial charge in [0.15, 0.2) is 5.65 Å². The molecule has 7 heteroatoms. The van der Waals surface area contributed by atoms with E-state index in [4.69, 9.17) is 4.74 Å². The predicted octanol–water partition coefficient (Wildman–Crippen LogP) is 3.02. The Kier molecular flexibility index (Phi) is 5.20. The number of carbonyl (C=O) groups is 1. The van der Waals surface area contributed by atoms with E-state index in [1.165, 1.54) is 45.5 Å². The second-order valence-corrected chi connectivity index (χ2v) is 7.51. The first kappa shape index (κ1) is 17.6. The van der Waals surface area contributed by atoms with Crippen LogP contribution in [0.25, 0.3) is 11.0 Å². The van der Waals surface area contributed by atoms with Crippen LogP contribution < -0.4 is 5.32 Å². The van der Waals surface area contributed by atoms with Gasteiger partial charge in [-0.15, -0.1) is 0 Å². The number of ether oxygens (including phenoxy) is 1. The van der Waals surface area contributed by atoms with Crippen LogP contribution in [0.5, 0.6) is 0 Å². The van der Waals surface area contributed by atoms with E-state index in [9.17, 15) is 4.79 Å². The Bertz CT molecular complexity index is 734. The van der Waals surface area contributed by atoms with Gasteiger partial charge in [-0.05, 0) is 24.2 Å². The molecule has 0 spiro atoms. The monoisotopic (exact) mass is 345 g/mol. The number of hydrogen-bond acceptors (Lipinski definition) is 6. The van der Waals surface area contributed by atoms with E-state index in [0.29, 0.717) is 5.65 Å². The fourth-order valence-electron chi connectivity index (χ4n) is 3.68. The third-order valence-corrected chi connectivity index (χ3v) is 5.36. The molecule has 2 aromatic rings. The molecule has 0 radical (unpaired) electrons. The Morgan fingerprint density at radius 3 is 2.80 bits per heavy atom. The summed E-state index contributed by atoms with van der Waals surface area (Å²) in [4.78, 5) is 20.1. The number of methoxy groups -OCH3 is 1. The van der Waals surface area contributed by atoms with Gasteiger partial charge in [0.25, 0.3) is 0 Å². The first-order chi connectivity index (χ1) is 12.0. The van der Waals surface area contributed by atoms with Crippen LogP contribution in [0.3, 0.4) is 0 Å². The number of fused-ring (bicyclic) bond motifs is 1. The van der Waals surface area contributed by atoms with Crippen LogP contribution in [0.15, 0.2) is 12.5 Å². The summed E-state index contributed by atoms with van der Waals surface area (Å²) in [5.41, 5.74) is 0.845. The highest BCUT2D eigenvalue weighted by Crippen LogP contribution is 2.38. The van der Waals surface area contributed by atoms with Crippen molar-refractivity contribution >= 4 is 22.8 Å². The van der Waals surface area contributed by atoms with Crippen LogP contribution in [0.2, 0.25) is 0 Å². The minimum atomic E-state index is -0.350. The number of nitrogens with zero attached hydrogens (tertiary/aromatic N) is 4. The topological polar surface area (TPSA) is 81.9 Å². The number of nitrogens with one attached hydrogen (secondary N) is 1. The molecule has 2 aromatic heterocycles. The molecule has 136 valence electrons. The van der Waals surface area contributed by atoms with Gasteiger partial charge < -0.3 is 10.1 Å². The van der Waals surface area contributed by atoms with Crippen molar-refractivity contribution in [2.45, 2.75) is 52.5 Å². The van der Waals surface area contributed by atoms with Gasteiger partial charge in [0.1, 0.15) is 18.7 Å². The lowest BCUT2D eigenvalue weighted by Gasteiger charge is -2.37. The average molecular weight is 345 g/mol. The fourth-order valence-corrected chi connectivity index (χ4v) is 3.68. The summed E-state index contributed by atoms with van der Waals surface area (Å²) in [6.45, 7) is 5.56. The van der Waals surface area contributed by atoms with E-state index in [0.717, 1.165) is 23.7 Å². The van der Waals surface area contributed by atoms with Crippen molar-refractivity contribution in [2.24, 2.45) is 11.3 Å². The lowest BCUT2D eigenvalue weighted by atomic mass is 9.71. The fraction of sp³-hybridized carbons (Fsp3) is 0.667. The van der Waals surface area contributed by atoms with Crippen molar-refractivity contribution < 1.29 is 9.53 Å². The van der Waals surface area contributed by atoms with E-state index < -0.39 is 0 Å². The lowest BCUT2D eigenvalue weighted by Crippen LogP contribution is -2.33. The van der Waals surface area contributed by atoms with E-state index in [-0.39, 0.29) is 17.9 Å². The zero-order valence-electron chi connectivity index (χ0n) is 15.3. The third-order valence-electron chi connectivity index (χ3n) is 5.36. The Morgan fingerprint density at radius 2 is 2.08 bits per heavy atom. The highest BCUT2D eigenvalue weighted by atomic mass is 16.5. The molecule has 0 amide bonds. The Balaban J connectivity index is 1.74. The normalized spacial score (nSPS) is 16.1. The molecular weight excluding hydrogens is 318 g/mol. The standard InChI is InChI=1S/C18H27N5O2/c1-18(2,13-7-5-4-6-8-13)11-19-16-14-9-22-23(10-15(24)25-3)17(14)21-12-20-16/h9,12-13H,4-8,10-11H2,1-3H3,(H,19,20,21). The molecular formula is C18H27N5O2. The van der Waals surface area contributed by atoms with Gasteiger partial charge in [-0.2, -0.15) is 5.10 Å². The van der Waals surface area contributed by atoms with Crippen LogP contribution in [-0.2, 0) is 16.1 Å². The Hall–Kier alpha value is -2.18. The van der Waals surface area contributed by atoms with Crippen LogP contribution in [-0.4, -0.2) is 39.4 Å². The summed E-state index contributed by atoms with van der Waals surface area (Å²) in [5.74, 6) is 1.16. The summed E-state index contributed by atoms with van der Waals surface area (Å²) < 4.78 is 6.25. The first-order valence-electron chi connectivity index (χ1n) is 8.98. The Morgan fingerprint density at radius 1 is 1.32 bits per heavy atom. The van der Waals surface area contributed by atoms with Crippen molar-refractivity contribution in [3.05, 3.63) is 12.5 Å². The van der Waals surface area contributed by atoms with Gasteiger partial charge in [-0.3, -0.25) is 4.79 Å². The second kappa shape index (κ2) is 7.37. The molecule has 0 unspecified atom stereocenters. The molecule has 0 aliphatic heterocycles. The number of hydrogen-bond donors (Lipinski definition) is 1. The van der Waals surface area contributed by atoms with Gasteiger partial charge >= 0.3 is 5.97 Å². The molecule has 1 aliphatic rings. The number of esters is 1. The largest absolute Gasteiger partial charge is 0.468 e. The van der Waals surface area contributed by atoms with Gasteiger partial charge in [-0.1, -0.05) is 33.1 Å². The summed E-state index contributed by atoms with van der Waals surface area (Å²) in [6, 6.07) is 0. The summed E-state index contributed by atoms with van der Waals surface area (Å²) >= 11 is 0. The molecule has 0 saturated heterocycles. The molecule has 0 aromatic carbocycles. The molecule has 1 saturated carbocycles. The van der Waals surface area contributed by atoms with Crippen LogP contribution in [0.4, 0.5) is 5.82 Å². The molecule has 0 bridgehead atoms. The maximum Gasteiger partial charge on any atom is 0.327 e. The van der Waals surface area contributed by atoms with Crippen molar-refractivity contribution in [1.82, 2.24) is 19.7 Å². The van der Waals surface area contributed by atoms with Crippen molar-refractivity contribution in [3.63, 3.8) is 0 Å². The minimum Gasteiger partial charge on any atom is -0.468 e. The molecule has 7 nitrogen and oxygen atoms in total. The van der Waals surface area contributed by atoms with E-state index in [1.54, 1.807) is 10.9 Å². The van der Waals surface area contributed by atoms with Gasteiger partial charge in [-0.25, -0.2) is 14.6 Å². The molecule has 25 heavy (non-hydrogen) atoms. The number of carbonyl (C=O) groups excluding carboxylic acids is 1. The predicted molar refractivity (Wildman–Crippen MR) is 96.2 cm³/mol. The zero-order valence-corrected chi connectivity index (χ0v) is 15.3. The zero-order chi connectivity index (χ0) is 17.9. The van der Waals surface area contributed by atoms with Crippen molar-refractivity contribution in [1.29, 1.82) is 0 Å².